The zero-order valence-corrected chi connectivity index (χ0v) is 18.5. The molecule has 13 nitrogen and oxygen atoms in total. The maximum atomic E-state index is 12.5. The van der Waals surface area contributed by atoms with Crippen LogP contribution in [0, 0.1) is 5.92 Å². The smallest absolute Gasteiger partial charge is 0.326 e. The van der Waals surface area contributed by atoms with Gasteiger partial charge in [0.05, 0.1) is 19.1 Å². The molecule has 0 saturated heterocycles. The molecule has 13 heteroatoms. The molecule has 4 atom stereocenters. The Labute approximate surface area is 186 Å². The first-order valence-electron chi connectivity index (χ1n) is 10.4. The van der Waals surface area contributed by atoms with E-state index in [-0.39, 0.29) is 12.3 Å². The van der Waals surface area contributed by atoms with Crippen LogP contribution in [0.3, 0.4) is 0 Å². The van der Waals surface area contributed by atoms with Gasteiger partial charge in [-0.25, -0.2) is 4.79 Å². The maximum absolute atomic E-state index is 12.5. The van der Waals surface area contributed by atoms with Crippen molar-refractivity contribution in [3.05, 3.63) is 0 Å². The summed E-state index contributed by atoms with van der Waals surface area (Å²) >= 11 is 0. The van der Waals surface area contributed by atoms with Crippen molar-refractivity contribution >= 4 is 29.6 Å². The molecule has 0 aromatic rings. The Balaban J connectivity index is 5.19. The number of aliphatic hydroxyl groups is 1. The molecule has 0 aliphatic heterocycles. The maximum Gasteiger partial charge on any atom is 0.326 e. The molecule has 0 fully saturated rings. The zero-order valence-electron chi connectivity index (χ0n) is 18.5. The van der Waals surface area contributed by atoms with Crippen molar-refractivity contribution in [1.82, 2.24) is 16.0 Å². The fraction of sp³-hybridized carbons (Fsp3) is 0.737. The van der Waals surface area contributed by atoms with Crippen LogP contribution in [0.4, 0.5) is 0 Å². The SMILES string of the molecule is CC(C)CC(NC(=O)C(CC(N)=O)NC(=O)C(CO)NC(=O)C(N)CCCCN)C(=O)O. The first-order valence-corrected chi connectivity index (χ1v) is 10.4. The second-order valence-corrected chi connectivity index (χ2v) is 7.90. The Bertz CT molecular complexity index is 658. The number of carboxylic acid groups (broad SMARTS) is 1. The molecule has 0 saturated carbocycles. The third-order valence-electron chi connectivity index (χ3n) is 4.48. The minimum atomic E-state index is -1.50. The molecule has 11 N–H and O–H groups in total. The molecule has 0 radical (unpaired) electrons. The topological polar surface area (TPSA) is 240 Å². The van der Waals surface area contributed by atoms with Gasteiger partial charge in [-0.1, -0.05) is 20.3 Å². The highest BCUT2D eigenvalue weighted by Crippen LogP contribution is 2.06. The highest BCUT2D eigenvalue weighted by Gasteiger charge is 2.31. The zero-order chi connectivity index (χ0) is 24.8. The van der Waals surface area contributed by atoms with E-state index in [4.69, 9.17) is 17.2 Å². The first kappa shape index (κ1) is 29.2. The van der Waals surface area contributed by atoms with Gasteiger partial charge < -0.3 is 43.4 Å². The number of nitrogens with one attached hydrogen (secondary N) is 3. The molecule has 0 aliphatic carbocycles. The van der Waals surface area contributed by atoms with Gasteiger partial charge in [-0.2, -0.15) is 0 Å². The van der Waals surface area contributed by atoms with E-state index in [9.17, 15) is 34.2 Å². The summed E-state index contributed by atoms with van der Waals surface area (Å²) in [5.74, 6) is -4.84. The van der Waals surface area contributed by atoms with Crippen molar-refractivity contribution in [1.29, 1.82) is 0 Å². The summed E-state index contributed by atoms with van der Waals surface area (Å²) in [6.07, 6.45) is 1.10. The highest BCUT2D eigenvalue weighted by molar-refractivity contribution is 5.96. The van der Waals surface area contributed by atoms with E-state index in [0.29, 0.717) is 25.8 Å². The lowest BCUT2D eigenvalue weighted by Gasteiger charge is -2.24. The number of hydrogen-bond donors (Lipinski definition) is 8. The molecule has 0 aromatic heterocycles. The summed E-state index contributed by atoms with van der Waals surface area (Å²) in [6, 6.07) is -5.12. The van der Waals surface area contributed by atoms with Crippen molar-refractivity contribution in [2.24, 2.45) is 23.1 Å². The van der Waals surface area contributed by atoms with Crippen LogP contribution in [0.1, 0.15) is 46.0 Å². The molecule has 0 rings (SSSR count). The summed E-state index contributed by atoms with van der Waals surface area (Å²) in [6.45, 7) is 3.17. The van der Waals surface area contributed by atoms with Crippen LogP contribution in [-0.4, -0.2) is 77.1 Å². The molecule has 0 heterocycles. The number of carboxylic acids is 1. The molecular formula is C19H36N6O7. The molecule has 0 aromatic carbocycles. The van der Waals surface area contributed by atoms with Gasteiger partial charge in [0.15, 0.2) is 0 Å². The Morgan fingerprint density at radius 3 is 1.88 bits per heavy atom. The lowest BCUT2D eigenvalue weighted by molar-refractivity contribution is -0.143. The normalized spacial score (nSPS) is 14.7. The van der Waals surface area contributed by atoms with Gasteiger partial charge in [0, 0.05) is 0 Å². The van der Waals surface area contributed by atoms with E-state index in [1.54, 1.807) is 13.8 Å². The predicted octanol–water partition coefficient (Wildman–Crippen LogP) is -3.10. The molecule has 0 spiro atoms. The largest absolute Gasteiger partial charge is 0.480 e. The van der Waals surface area contributed by atoms with Gasteiger partial charge in [0.1, 0.15) is 18.1 Å². The van der Waals surface area contributed by atoms with Gasteiger partial charge in [-0.15, -0.1) is 0 Å². The Hall–Kier alpha value is -2.77. The number of aliphatic hydroxyl groups excluding tert-OH is 1. The predicted molar refractivity (Wildman–Crippen MR) is 115 cm³/mol. The van der Waals surface area contributed by atoms with Crippen LogP contribution in [0.25, 0.3) is 0 Å². The summed E-state index contributed by atoms with van der Waals surface area (Å²) in [4.78, 5) is 59.9. The summed E-state index contributed by atoms with van der Waals surface area (Å²) < 4.78 is 0. The van der Waals surface area contributed by atoms with Crippen molar-refractivity contribution in [2.45, 2.75) is 70.1 Å². The van der Waals surface area contributed by atoms with Gasteiger partial charge in [0.25, 0.3) is 0 Å². The fourth-order valence-electron chi connectivity index (χ4n) is 2.76. The fourth-order valence-corrected chi connectivity index (χ4v) is 2.76. The average molecular weight is 461 g/mol. The second-order valence-electron chi connectivity index (χ2n) is 7.90. The van der Waals surface area contributed by atoms with E-state index in [1.165, 1.54) is 0 Å². The van der Waals surface area contributed by atoms with E-state index in [1.807, 2.05) is 0 Å². The van der Waals surface area contributed by atoms with Crippen LogP contribution in [0.5, 0.6) is 0 Å². The molecular weight excluding hydrogens is 424 g/mol. The number of amides is 4. The number of aliphatic carboxylic acids is 1. The standard InChI is InChI=1S/C19H36N6O7/c1-10(2)7-13(19(31)32)24-17(29)12(8-15(22)27)23-18(30)14(9-26)25-16(28)11(21)5-3-4-6-20/h10-14,26H,3-9,20-21H2,1-2H3,(H2,22,27)(H,23,30)(H,24,29)(H,25,28)(H,31,32). The summed E-state index contributed by atoms with van der Waals surface area (Å²) in [5, 5.41) is 25.5. The lowest BCUT2D eigenvalue weighted by Crippen LogP contribution is -2.58. The highest BCUT2D eigenvalue weighted by atomic mass is 16.4. The quantitative estimate of drug-likeness (QED) is 0.109. The van der Waals surface area contributed by atoms with Crippen molar-refractivity contribution < 1.29 is 34.2 Å². The molecule has 4 unspecified atom stereocenters. The van der Waals surface area contributed by atoms with Crippen molar-refractivity contribution in [3.8, 4) is 0 Å². The van der Waals surface area contributed by atoms with Crippen LogP contribution in [0.2, 0.25) is 0 Å². The van der Waals surface area contributed by atoms with Crippen LogP contribution in [0.15, 0.2) is 0 Å². The minimum absolute atomic E-state index is 0.0522. The third-order valence-corrected chi connectivity index (χ3v) is 4.48. The van der Waals surface area contributed by atoms with E-state index in [2.05, 4.69) is 16.0 Å². The van der Waals surface area contributed by atoms with Gasteiger partial charge in [0.2, 0.25) is 23.6 Å². The number of carbonyl (C=O) groups excluding carboxylic acids is 4. The molecule has 4 amide bonds. The summed E-state index contributed by atoms with van der Waals surface area (Å²) in [7, 11) is 0. The lowest BCUT2D eigenvalue weighted by atomic mass is 10.0. The number of nitrogens with two attached hydrogens (primary N) is 3. The van der Waals surface area contributed by atoms with Crippen LogP contribution >= 0.6 is 0 Å². The Morgan fingerprint density at radius 1 is 0.875 bits per heavy atom. The number of primary amides is 1. The monoisotopic (exact) mass is 460 g/mol. The Morgan fingerprint density at radius 2 is 1.41 bits per heavy atom. The first-order chi connectivity index (χ1) is 14.9. The number of carbonyl (C=O) groups is 5. The Kier molecular flexibility index (Phi) is 13.8. The van der Waals surface area contributed by atoms with E-state index >= 15 is 0 Å². The molecule has 0 aliphatic rings. The van der Waals surface area contributed by atoms with Crippen molar-refractivity contribution in [2.75, 3.05) is 13.2 Å². The molecule has 32 heavy (non-hydrogen) atoms. The third kappa shape index (κ3) is 11.6. The van der Waals surface area contributed by atoms with E-state index in [0.717, 1.165) is 0 Å². The number of rotatable bonds is 16. The van der Waals surface area contributed by atoms with Gasteiger partial charge in [-0.05, 0) is 31.7 Å². The number of hydrogen-bond acceptors (Lipinski definition) is 8. The van der Waals surface area contributed by atoms with Crippen molar-refractivity contribution in [3.63, 3.8) is 0 Å². The minimum Gasteiger partial charge on any atom is -0.480 e. The van der Waals surface area contributed by atoms with Crippen LogP contribution < -0.4 is 33.2 Å². The van der Waals surface area contributed by atoms with Gasteiger partial charge >= 0.3 is 5.97 Å². The van der Waals surface area contributed by atoms with Gasteiger partial charge in [-0.3, -0.25) is 19.2 Å². The van der Waals surface area contributed by atoms with E-state index < -0.39 is 66.8 Å². The van der Waals surface area contributed by atoms with Crippen LogP contribution in [-0.2, 0) is 24.0 Å². The summed E-state index contributed by atoms with van der Waals surface area (Å²) in [5.41, 5.74) is 16.3. The second kappa shape index (κ2) is 15.1. The molecule has 0 bridgehead atoms. The average Bonchev–Trinajstić information content (AvgIpc) is 2.69. The number of unbranched alkanes of at least 4 members (excludes halogenated alkanes) is 1. The molecule has 184 valence electrons.